The molecule has 3 rings (SSSR count). The maximum absolute atomic E-state index is 12.7. The second-order valence-corrected chi connectivity index (χ2v) is 8.63. The van der Waals surface area contributed by atoms with Crippen LogP contribution >= 0.6 is 0 Å². The molecule has 1 aliphatic heterocycles. The lowest BCUT2D eigenvalue weighted by atomic mass is 10.1. The number of rotatable bonds is 6. The Bertz CT molecular complexity index is 1030. The zero-order valence-electron chi connectivity index (χ0n) is 16.9. The van der Waals surface area contributed by atoms with E-state index in [4.69, 9.17) is 9.47 Å². The molecule has 2 aromatic carbocycles. The minimum atomic E-state index is -3.62. The number of benzene rings is 2. The summed E-state index contributed by atoms with van der Waals surface area (Å²) in [7, 11) is -3.62. The van der Waals surface area contributed by atoms with Crippen molar-refractivity contribution in [2.45, 2.75) is 18.7 Å². The second-order valence-electron chi connectivity index (χ2n) is 6.69. The Morgan fingerprint density at radius 1 is 1.10 bits per heavy atom. The van der Waals surface area contributed by atoms with Gasteiger partial charge in [0.05, 0.1) is 30.3 Å². The van der Waals surface area contributed by atoms with Gasteiger partial charge < -0.3 is 14.8 Å². The monoisotopic (exact) mass is 432 g/mol. The van der Waals surface area contributed by atoms with Crippen LogP contribution in [0.4, 0.5) is 5.69 Å². The van der Waals surface area contributed by atoms with E-state index in [2.05, 4.69) is 5.32 Å². The van der Waals surface area contributed by atoms with E-state index in [1.165, 1.54) is 28.6 Å². The number of hydrogen-bond acceptors (Lipinski definition) is 6. The second kappa shape index (κ2) is 9.38. The predicted octanol–water partition coefficient (Wildman–Crippen LogP) is 2.44. The van der Waals surface area contributed by atoms with Gasteiger partial charge in [-0.2, -0.15) is 4.31 Å². The van der Waals surface area contributed by atoms with Gasteiger partial charge in [0, 0.05) is 24.3 Å². The summed E-state index contributed by atoms with van der Waals surface area (Å²) in [4.78, 5) is 24.8. The van der Waals surface area contributed by atoms with E-state index in [1.54, 1.807) is 32.0 Å². The van der Waals surface area contributed by atoms with Gasteiger partial charge in [-0.3, -0.25) is 4.79 Å². The van der Waals surface area contributed by atoms with Crippen molar-refractivity contribution in [1.29, 1.82) is 0 Å². The number of sulfonamides is 1. The lowest BCUT2D eigenvalue weighted by molar-refractivity contribution is 0.0525. The molecule has 160 valence electrons. The SMILES string of the molecule is CCOC(=O)c1cccc(NC(=O)c2ccc(S(=O)(=O)N3CCOCC3)cc2)c1C. The van der Waals surface area contributed by atoms with Gasteiger partial charge in [-0.1, -0.05) is 6.07 Å². The number of hydrogen-bond donors (Lipinski definition) is 1. The van der Waals surface area contributed by atoms with Crippen molar-refractivity contribution < 1.29 is 27.5 Å². The fourth-order valence-electron chi connectivity index (χ4n) is 3.11. The Kier molecular flexibility index (Phi) is 6.86. The molecule has 30 heavy (non-hydrogen) atoms. The molecule has 2 aromatic rings. The number of carbonyl (C=O) groups excluding carboxylic acids is 2. The Balaban J connectivity index is 1.75. The molecule has 1 amide bonds. The molecule has 1 fully saturated rings. The van der Waals surface area contributed by atoms with Crippen LogP contribution in [0.15, 0.2) is 47.4 Å². The maximum atomic E-state index is 12.7. The smallest absolute Gasteiger partial charge is 0.338 e. The molecule has 0 unspecified atom stereocenters. The highest BCUT2D eigenvalue weighted by Gasteiger charge is 2.26. The van der Waals surface area contributed by atoms with Gasteiger partial charge in [0.1, 0.15) is 0 Å². The van der Waals surface area contributed by atoms with Crippen molar-refractivity contribution in [2.24, 2.45) is 0 Å². The molecule has 1 heterocycles. The standard InChI is InChI=1S/C21H24N2O6S/c1-3-29-21(25)18-5-4-6-19(15(18)2)22-20(24)16-7-9-17(10-8-16)30(26,27)23-11-13-28-14-12-23/h4-10H,3,11-14H2,1-2H3,(H,22,24). The summed E-state index contributed by atoms with van der Waals surface area (Å²) < 4.78 is 37.0. The molecule has 0 aliphatic carbocycles. The molecule has 1 saturated heterocycles. The lowest BCUT2D eigenvalue weighted by Crippen LogP contribution is -2.40. The molecular weight excluding hydrogens is 408 g/mol. The summed E-state index contributed by atoms with van der Waals surface area (Å²) >= 11 is 0. The summed E-state index contributed by atoms with van der Waals surface area (Å²) in [6.07, 6.45) is 0. The van der Waals surface area contributed by atoms with Crippen molar-refractivity contribution in [2.75, 3.05) is 38.2 Å². The highest BCUT2D eigenvalue weighted by atomic mass is 32.2. The highest BCUT2D eigenvalue weighted by molar-refractivity contribution is 7.89. The average molecular weight is 432 g/mol. The molecule has 9 heteroatoms. The van der Waals surface area contributed by atoms with Crippen LogP contribution in [0.25, 0.3) is 0 Å². The van der Waals surface area contributed by atoms with Crippen molar-refractivity contribution in [3.63, 3.8) is 0 Å². The largest absolute Gasteiger partial charge is 0.462 e. The van der Waals surface area contributed by atoms with Gasteiger partial charge in [-0.05, 0) is 55.8 Å². The van der Waals surface area contributed by atoms with Crippen molar-refractivity contribution in [1.82, 2.24) is 4.31 Å². The van der Waals surface area contributed by atoms with E-state index >= 15 is 0 Å². The van der Waals surface area contributed by atoms with E-state index in [1.807, 2.05) is 0 Å². The number of esters is 1. The molecule has 0 atom stereocenters. The van der Waals surface area contributed by atoms with Gasteiger partial charge in [-0.25, -0.2) is 13.2 Å². The van der Waals surface area contributed by atoms with Gasteiger partial charge in [0.15, 0.2) is 0 Å². The predicted molar refractivity (Wildman–Crippen MR) is 111 cm³/mol. The summed E-state index contributed by atoms with van der Waals surface area (Å²) in [5.41, 5.74) is 1.75. The summed E-state index contributed by atoms with van der Waals surface area (Å²) in [5, 5.41) is 2.76. The van der Waals surface area contributed by atoms with Crippen LogP contribution in [0, 0.1) is 6.92 Å². The lowest BCUT2D eigenvalue weighted by Gasteiger charge is -2.26. The van der Waals surface area contributed by atoms with E-state index in [9.17, 15) is 18.0 Å². The van der Waals surface area contributed by atoms with Crippen LogP contribution < -0.4 is 5.32 Å². The molecule has 0 radical (unpaired) electrons. The molecule has 0 spiro atoms. The topological polar surface area (TPSA) is 102 Å². The Hall–Kier alpha value is -2.75. The highest BCUT2D eigenvalue weighted by Crippen LogP contribution is 2.22. The number of carbonyl (C=O) groups is 2. The van der Waals surface area contributed by atoms with Crippen LogP contribution in [0.3, 0.4) is 0 Å². The molecule has 8 nitrogen and oxygen atoms in total. The minimum absolute atomic E-state index is 0.126. The summed E-state index contributed by atoms with van der Waals surface area (Å²) in [6.45, 7) is 5.05. The molecule has 0 aromatic heterocycles. The third kappa shape index (κ3) is 4.69. The summed E-state index contributed by atoms with van der Waals surface area (Å²) in [6, 6.07) is 10.7. The van der Waals surface area contributed by atoms with Crippen LogP contribution in [-0.2, 0) is 19.5 Å². The van der Waals surface area contributed by atoms with Gasteiger partial charge >= 0.3 is 5.97 Å². The fourth-order valence-corrected chi connectivity index (χ4v) is 4.52. The summed E-state index contributed by atoms with van der Waals surface area (Å²) in [5.74, 6) is -0.863. The first-order chi connectivity index (χ1) is 14.3. The third-order valence-electron chi connectivity index (χ3n) is 4.80. The third-order valence-corrected chi connectivity index (χ3v) is 6.71. The Morgan fingerprint density at radius 3 is 2.40 bits per heavy atom. The van der Waals surface area contributed by atoms with Gasteiger partial charge in [0.2, 0.25) is 10.0 Å². The van der Waals surface area contributed by atoms with Crippen molar-refractivity contribution >= 4 is 27.6 Å². The van der Waals surface area contributed by atoms with Crippen LogP contribution in [0.2, 0.25) is 0 Å². The molecular formula is C21H24N2O6S. The van der Waals surface area contributed by atoms with Gasteiger partial charge in [-0.15, -0.1) is 0 Å². The zero-order valence-corrected chi connectivity index (χ0v) is 17.7. The number of amides is 1. The molecule has 1 N–H and O–H groups in total. The van der Waals surface area contributed by atoms with Gasteiger partial charge in [0.25, 0.3) is 5.91 Å². The molecule has 1 aliphatic rings. The Labute approximate surface area is 175 Å². The number of nitrogens with one attached hydrogen (secondary N) is 1. The van der Waals surface area contributed by atoms with Crippen LogP contribution in [-0.4, -0.2) is 57.5 Å². The van der Waals surface area contributed by atoms with Crippen molar-refractivity contribution in [3.05, 3.63) is 59.2 Å². The first kappa shape index (κ1) is 21.9. The quantitative estimate of drug-likeness (QED) is 0.704. The van der Waals surface area contributed by atoms with Crippen LogP contribution in [0.1, 0.15) is 33.2 Å². The number of ether oxygens (including phenoxy) is 2. The van der Waals surface area contributed by atoms with E-state index in [-0.39, 0.29) is 11.5 Å². The molecule has 0 saturated carbocycles. The minimum Gasteiger partial charge on any atom is -0.462 e. The number of morpholine rings is 1. The fraction of sp³-hybridized carbons (Fsp3) is 0.333. The van der Waals surface area contributed by atoms with E-state index in [0.717, 1.165) is 0 Å². The van der Waals surface area contributed by atoms with E-state index < -0.39 is 21.9 Å². The average Bonchev–Trinajstić information content (AvgIpc) is 2.76. The zero-order chi connectivity index (χ0) is 21.7. The first-order valence-electron chi connectivity index (χ1n) is 9.60. The maximum Gasteiger partial charge on any atom is 0.338 e. The first-order valence-corrected chi connectivity index (χ1v) is 11.0. The molecule has 0 bridgehead atoms. The Morgan fingerprint density at radius 2 is 1.77 bits per heavy atom. The van der Waals surface area contributed by atoms with E-state index in [0.29, 0.717) is 48.7 Å². The number of anilines is 1. The van der Waals surface area contributed by atoms with Crippen LogP contribution in [0.5, 0.6) is 0 Å². The normalized spacial score (nSPS) is 14.9. The number of nitrogens with zero attached hydrogens (tertiary/aromatic N) is 1. The van der Waals surface area contributed by atoms with Crippen molar-refractivity contribution in [3.8, 4) is 0 Å².